The van der Waals surface area contributed by atoms with E-state index in [1.54, 1.807) is 0 Å². The summed E-state index contributed by atoms with van der Waals surface area (Å²) < 4.78 is 5.57. The molecule has 2 aromatic rings. The molecule has 0 heterocycles. The molecule has 102 valence electrons. The van der Waals surface area contributed by atoms with E-state index in [1.165, 1.54) is 5.39 Å². The number of halogens is 1. The molecule has 0 amide bonds. The summed E-state index contributed by atoms with van der Waals surface area (Å²) in [7, 11) is 0. The Bertz CT molecular complexity index is 660. The summed E-state index contributed by atoms with van der Waals surface area (Å²) in [5.41, 5.74) is 0.502. The standard InChI is InChI=1S/C17H15BrO2/c18-14-7-4-10-17(11-14,20-12-19)16-9-3-6-13-5-1-2-8-15(13)16/h1-9,12,14H,10-11H2. The Morgan fingerprint density at radius 1 is 1.20 bits per heavy atom. The van der Waals surface area contributed by atoms with Gasteiger partial charge < -0.3 is 4.74 Å². The van der Waals surface area contributed by atoms with Gasteiger partial charge in [0.2, 0.25) is 0 Å². The molecule has 1 aliphatic carbocycles. The third-order valence-electron chi connectivity index (χ3n) is 3.87. The summed E-state index contributed by atoms with van der Waals surface area (Å²) >= 11 is 3.61. The fourth-order valence-electron chi connectivity index (χ4n) is 2.97. The highest BCUT2D eigenvalue weighted by Gasteiger charge is 2.38. The fraction of sp³-hybridized carbons (Fsp3) is 0.235. The molecule has 0 spiro atoms. The van der Waals surface area contributed by atoms with Crippen LogP contribution in [0.5, 0.6) is 0 Å². The molecule has 20 heavy (non-hydrogen) atoms. The molecule has 0 aromatic heterocycles. The van der Waals surface area contributed by atoms with Crippen molar-refractivity contribution in [2.45, 2.75) is 23.3 Å². The number of hydrogen-bond acceptors (Lipinski definition) is 2. The highest BCUT2D eigenvalue weighted by atomic mass is 79.9. The van der Waals surface area contributed by atoms with Crippen LogP contribution in [0.15, 0.2) is 54.6 Å². The molecule has 0 aliphatic heterocycles. The van der Waals surface area contributed by atoms with Crippen LogP contribution in [-0.2, 0) is 15.1 Å². The van der Waals surface area contributed by atoms with Crippen molar-refractivity contribution in [3.8, 4) is 0 Å². The van der Waals surface area contributed by atoms with E-state index in [0.717, 1.165) is 17.4 Å². The number of benzene rings is 2. The lowest BCUT2D eigenvalue weighted by molar-refractivity contribution is -0.145. The summed E-state index contributed by atoms with van der Waals surface area (Å²) in [6.45, 7) is 0.570. The predicted molar refractivity (Wildman–Crippen MR) is 83.9 cm³/mol. The summed E-state index contributed by atoms with van der Waals surface area (Å²) in [6.07, 6.45) is 5.64. The first-order valence-electron chi connectivity index (χ1n) is 6.66. The van der Waals surface area contributed by atoms with Gasteiger partial charge in [0, 0.05) is 23.2 Å². The minimum absolute atomic E-state index is 0.218. The van der Waals surface area contributed by atoms with Gasteiger partial charge in [-0.3, -0.25) is 4.79 Å². The zero-order chi connectivity index (χ0) is 14.0. The highest BCUT2D eigenvalue weighted by Crippen LogP contribution is 2.42. The Hall–Kier alpha value is -1.61. The molecule has 0 N–H and O–H groups in total. The van der Waals surface area contributed by atoms with Crippen LogP contribution in [0, 0.1) is 0 Å². The van der Waals surface area contributed by atoms with Crippen LogP contribution < -0.4 is 0 Å². The van der Waals surface area contributed by atoms with Crippen LogP contribution in [0.3, 0.4) is 0 Å². The van der Waals surface area contributed by atoms with Crippen molar-refractivity contribution < 1.29 is 9.53 Å². The maximum Gasteiger partial charge on any atom is 0.293 e. The molecule has 3 rings (SSSR count). The normalized spacial score (nSPS) is 25.6. The van der Waals surface area contributed by atoms with Gasteiger partial charge in [-0.25, -0.2) is 0 Å². The number of alkyl halides is 1. The minimum Gasteiger partial charge on any atom is -0.456 e. The van der Waals surface area contributed by atoms with Crippen LogP contribution in [-0.4, -0.2) is 11.3 Å². The van der Waals surface area contributed by atoms with E-state index in [2.05, 4.69) is 52.3 Å². The van der Waals surface area contributed by atoms with Crippen molar-refractivity contribution in [1.29, 1.82) is 0 Å². The van der Waals surface area contributed by atoms with Crippen LogP contribution in [0.4, 0.5) is 0 Å². The summed E-state index contributed by atoms with van der Waals surface area (Å²) in [5.74, 6) is 0. The van der Waals surface area contributed by atoms with E-state index >= 15 is 0 Å². The van der Waals surface area contributed by atoms with Gasteiger partial charge in [-0.05, 0) is 10.8 Å². The molecule has 0 fully saturated rings. The molecule has 1 aliphatic rings. The molecule has 2 unspecified atom stereocenters. The molecule has 2 nitrogen and oxygen atoms in total. The third-order valence-corrected chi connectivity index (χ3v) is 4.50. The number of carbonyl (C=O) groups is 1. The van der Waals surface area contributed by atoms with Gasteiger partial charge in [-0.1, -0.05) is 70.5 Å². The van der Waals surface area contributed by atoms with E-state index in [1.807, 2.05) is 18.2 Å². The smallest absolute Gasteiger partial charge is 0.293 e. The lowest BCUT2D eigenvalue weighted by atomic mass is 9.80. The quantitative estimate of drug-likeness (QED) is 0.476. The van der Waals surface area contributed by atoms with Gasteiger partial charge in [0.15, 0.2) is 0 Å². The van der Waals surface area contributed by atoms with Gasteiger partial charge in [-0.2, -0.15) is 0 Å². The van der Waals surface area contributed by atoms with Crippen LogP contribution in [0.2, 0.25) is 0 Å². The molecule has 0 bridgehead atoms. The van der Waals surface area contributed by atoms with E-state index in [0.29, 0.717) is 12.9 Å². The van der Waals surface area contributed by atoms with Gasteiger partial charge in [0.25, 0.3) is 6.47 Å². The third kappa shape index (κ3) is 2.27. The summed E-state index contributed by atoms with van der Waals surface area (Å²) in [4.78, 5) is 11.3. The number of allylic oxidation sites excluding steroid dienone is 1. The Balaban J connectivity index is 2.20. The second-order valence-corrected chi connectivity index (χ2v) is 6.26. The van der Waals surface area contributed by atoms with Gasteiger partial charge in [-0.15, -0.1) is 0 Å². The Morgan fingerprint density at radius 3 is 2.80 bits per heavy atom. The molecule has 0 saturated heterocycles. The van der Waals surface area contributed by atoms with Gasteiger partial charge >= 0.3 is 0 Å². The molecule has 0 radical (unpaired) electrons. The first-order valence-corrected chi connectivity index (χ1v) is 7.57. The van der Waals surface area contributed by atoms with E-state index in [4.69, 9.17) is 4.74 Å². The first kappa shape index (κ1) is 13.4. The molecular weight excluding hydrogens is 316 g/mol. The van der Waals surface area contributed by atoms with Crippen molar-refractivity contribution in [2.75, 3.05) is 0 Å². The number of ether oxygens (including phenoxy) is 1. The molecule has 2 aromatic carbocycles. The van der Waals surface area contributed by atoms with Crippen LogP contribution >= 0.6 is 15.9 Å². The van der Waals surface area contributed by atoms with E-state index in [9.17, 15) is 4.79 Å². The number of hydrogen-bond donors (Lipinski definition) is 0. The Labute approximate surface area is 126 Å². The average Bonchev–Trinajstić information content (AvgIpc) is 2.47. The molecule has 2 atom stereocenters. The summed E-state index contributed by atoms with van der Waals surface area (Å²) in [5, 5.41) is 2.31. The van der Waals surface area contributed by atoms with E-state index < -0.39 is 5.60 Å². The average molecular weight is 331 g/mol. The fourth-order valence-corrected chi connectivity index (χ4v) is 3.71. The van der Waals surface area contributed by atoms with Crippen molar-refractivity contribution in [3.63, 3.8) is 0 Å². The van der Waals surface area contributed by atoms with Crippen molar-refractivity contribution in [3.05, 3.63) is 60.2 Å². The monoisotopic (exact) mass is 330 g/mol. The first-order chi connectivity index (χ1) is 9.75. The zero-order valence-corrected chi connectivity index (χ0v) is 12.5. The second-order valence-electron chi connectivity index (χ2n) is 5.09. The van der Waals surface area contributed by atoms with Crippen molar-refractivity contribution in [1.82, 2.24) is 0 Å². The number of carbonyl (C=O) groups excluding carboxylic acids is 1. The van der Waals surface area contributed by atoms with E-state index in [-0.39, 0.29) is 4.83 Å². The number of rotatable bonds is 3. The summed E-state index contributed by atoms with van der Waals surface area (Å²) in [6, 6.07) is 14.4. The van der Waals surface area contributed by atoms with Gasteiger partial charge in [0.05, 0.1) is 0 Å². The molecular formula is C17H15BrO2. The maximum absolute atomic E-state index is 11.0. The predicted octanol–water partition coefficient (Wildman–Crippen LogP) is 4.32. The van der Waals surface area contributed by atoms with Crippen LogP contribution in [0.1, 0.15) is 18.4 Å². The maximum atomic E-state index is 11.0. The number of fused-ring (bicyclic) bond motifs is 1. The van der Waals surface area contributed by atoms with Crippen LogP contribution in [0.25, 0.3) is 10.8 Å². The lowest BCUT2D eigenvalue weighted by Crippen LogP contribution is -2.34. The Kier molecular flexibility index (Phi) is 3.62. The topological polar surface area (TPSA) is 26.3 Å². The molecule has 0 saturated carbocycles. The lowest BCUT2D eigenvalue weighted by Gasteiger charge is -2.36. The minimum atomic E-state index is -0.578. The second kappa shape index (κ2) is 5.41. The van der Waals surface area contributed by atoms with Crippen molar-refractivity contribution in [2.24, 2.45) is 0 Å². The Morgan fingerprint density at radius 2 is 2.00 bits per heavy atom. The van der Waals surface area contributed by atoms with Crippen molar-refractivity contribution >= 4 is 33.2 Å². The highest BCUT2D eigenvalue weighted by molar-refractivity contribution is 9.09. The SMILES string of the molecule is O=COC1(c2cccc3ccccc23)CC=CC(Br)C1. The zero-order valence-electron chi connectivity index (χ0n) is 11.0. The van der Waals surface area contributed by atoms with Gasteiger partial charge in [0.1, 0.15) is 5.60 Å². The molecule has 3 heteroatoms. The largest absolute Gasteiger partial charge is 0.456 e.